The number of halogens is 4. The second-order valence-electron chi connectivity index (χ2n) is 12.3. The molecule has 1 amide bonds. The summed E-state index contributed by atoms with van der Waals surface area (Å²) in [5.41, 5.74) is 3.54. The SMILES string of the molecule is CC1=C([C@H](C#CCOC(F)(F)F)CCI)C[C@@H](C(=O)NC2CCN(CC3=CNC(N4CCC(C)CC4)CC3)CC2)C=C1. The highest BCUT2D eigenvalue weighted by molar-refractivity contribution is 14.1. The Morgan fingerprint density at radius 3 is 2.57 bits per heavy atom. The molecule has 0 aromatic heterocycles. The molecule has 4 rings (SSSR count). The van der Waals surface area contributed by atoms with Gasteiger partial charge in [0.15, 0.2) is 0 Å². The van der Waals surface area contributed by atoms with Gasteiger partial charge in [-0.3, -0.25) is 19.3 Å². The molecular weight excluding hydrogens is 656 g/mol. The summed E-state index contributed by atoms with van der Waals surface area (Å²) in [6.45, 7) is 8.97. The largest absolute Gasteiger partial charge is 0.523 e. The minimum Gasteiger partial charge on any atom is -0.376 e. The summed E-state index contributed by atoms with van der Waals surface area (Å²) in [6, 6.07) is 0.159. The topological polar surface area (TPSA) is 56.8 Å². The molecule has 2 fully saturated rings. The van der Waals surface area contributed by atoms with Gasteiger partial charge in [0, 0.05) is 49.1 Å². The first-order valence-corrected chi connectivity index (χ1v) is 17.0. The average Bonchev–Trinajstić information content (AvgIpc) is 2.96. The summed E-state index contributed by atoms with van der Waals surface area (Å²) in [6.07, 6.45) is 9.98. The lowest BCUT2D eigenvalue weighted by atomic mass is 9.81. The highest BCUT2D eigenvalue weighted by Crippen LogP contribution is 2.32. The number of rotatable bonds is 9. The van der Waals surface area contributed by atoms with Crippen LogP contribution in [0.5, 0.6) is 0 Å². The van der Waals surface area contributed by atoms with Crippen molar-refractivity contribution in [3.8, 4) is 11.8 Å². The molecule has 0 saturated carbocycles. The van der Waals surface area contributed by atoms with E-state index in [9.17, 15) is 18.0 Å². The Morgan fingerprint density at radius 1 is 1.19 bits per heavy atom. The summed E-state index contributed by atoms with van der Waals surface area (Å²) >= 11 is 2.25. The summed E-state index contributed by atoms with van der Waals surface area (Å²) < 4.78 is 41.6. The minimum absolute atomic E-state index is 0.0219. The van der Waals surface area contributed by atoms with Crippen molar-refractivity contribution in [2.24, 2.45) is 17.8 Å². The van der Waals surface area contributed by atoms with Crippen LogP contribution in [-0.4, -0.2) is 78.0 Å². The van der Waals surface area contributed by atoms with Gasteiger partial charge in [-0.05, 0) is 76.0 Å². The first-order valence-electron chi connectivity index (χ1n) is 15.4. The van der Waals surface area contributed by atoms with Crippen molar-refractivity contribution in [3.63, 3.8) is 0 Å². The van der Waals surface area contributed by atoms with E-state index in [0.29, 0.717) is 12.6 Å². The van der Waals surface area contributed by atoms with Crippen LogP contribution in [0, 0.1) is 29.6 Å². The molecule has 6 nitrogen and oxygen atoms in total. The van der Waals surface area contributed by atoms with Gasteiger partial charge in [-0.1, -0.05) is 64.7 Å². The fourth-order valence-corrected chi connectivity index (χ4v) is 7.05. The Bertz CT molecular complexity index is 1060. The number of alkyl halides is 4. The van der Waals surface area contributed by atoms with Crippen molar-refractivity contribution in [1.82, 2.24) is 20.4 Å². The Hall–Kier alpha value is -1.55. The maximum atomic E-state index is 13.2. The monoisotopic (exact) mass is 702 g/mol. The third-order valence-corrected chi connectivity index (χ3v) is 9.73. The maximum Gasteiger partial charge on any atom is 0.523 e. The number of likely N-dealkylation sites (tertiary alicyclic amines) is 2. The zero-order valence-electron chi connectivity index (χ0n) is 24.9. The molecule has 2 N–H and O–H groups in total. The van der Waals surface area contributed by atoms with Crippen molar-refractivity contribution in [2.45, 2.75) is 83.8 Å². The molecule has 4 aliphatic rings. The molecular formula is C32H46F3IN4O2. The van der Waals surface area contributed by atoms with E-state index in [1.165, 1.54) is 37.9 Å². The van der Waals surface area contributed by atoms with E-state index >= 15 is 0 Å². The number of nitrogens with zero attached hydrogens (tertiary/aromatic N) is 2. The van der Waals surface area contributed by atoms with Crippen LogP contribution in [0.15, 0.2) is 35.1 Å². The number of piperidine rings is 2. The molecule has 1 unspecified atom stereocenters. The van der Waals surface area contributed by atoms with Gasteiger partial charge < -0.3 is 10.6 Å². The Kier molecular flexibility index (Phi) is 12.7. The van der Waals surface area contributed by atoms with Gasteiger partial charge in [0.05, 0.1) is 12.1 Å². The van der Waals surface area contributed by atoms with Crippen molar-refractivity contribution in [1.29, 1.82) is 0 Å². The van der Waals surface area contributed by atoms with E-state index in [2.05, 4.69) is 72.7 Å². The zero-order chi connectivity index (χ0) is 30.1. The predicted octanol–water partition coefficient (Wildman–Crippen LogP) is 5.77. The van der Waals surface area contributed by atoms with E-state index in [1.54, 1.807) is 0 Å². The van der Waals surface area contributed by atoms with Gasteiger partial charge in [-0.2, -0.15) is 0 Å². The fourth-order valence-electron chi connectivity index (χ4n) is 6.43. The van der Waals surface area contributed by atoms with Crippen LogP contribution in [0.25, 0.3) is 0 Å². The standard InChI is InChI=1S/C32H46F3IN4O2/c1-23-10-17-40(18-11-23)30-8-6-25(21-37-30)22-39-15-12-28(13-16-39)38-31(41)27-7-5-24(2)29(20-27)26(9-14-36)4-3-19-42-32(33,34)35/h5,7,21,23,26-28,30,37H,6,8-20,22H2,1-2H3,(H,38,41)/t26-,27+,30?/m1/s1. The molecule has 10 heteroatoms. The Labute approximate surface area is 263 Å². The molecule has 234 valence electrons. The highest BCUT2D eigenvalue weighted by atomic mass is 127. The summed E-state index contributed by atoms with van der Waals surface area (Å²) in [5, 5.41) is 6.95. The normalized spacial score (nSPS) is 25.8. The lowest BCUT2D eigenvalue weighted by molar-refractivity contribution is -0.318. The highest BCUT2D eigenvalue weighted by Gasteiger charge is 2.30. The van der Waals surface area contributed by atoms with Gasteiger partial charge in [0.1, 0.15) is 6.61 Å². The van der Waals surface area contributed by atoms with E-state index in [-0.39, 0.29) is 23.8 Å². The number of carbonyl (C=O) groups is 1. The van der Waals surface area contributed by atoms with Crippen molar-refractivity contribution < 1.29 is 22.7 Å². The van der Waals surface area contributed by atoms with Crippen LogP contribution in [0.2, 0.25) is 0 Å². The number of hydrogen-bond donors (Lipinski definition) is 2. The summed E-state index contributed by atoms with van der Waals surface area (Å²) in [5.74, 6) is 5.90. The third-order valence-electron chi connectivity index (χ3n) is 9.10. The number of hydrogen-bond acceptors (Lipinski definition) is 5. The quantitative estimate of drug-likeness (QED) is 0.182. The third kappa shape index (κ3) is 10.3. The summed E-state index contributed by atoms with van der Waals surface area (Å²) in [4.78, 5) is 18.3. The van der Waals surface area contributed by atoms with Gasteiger partial charge in [0.2, 0.25) is 5.91 Å². The van der Waals surface area contributed by atoms with E-state index < -0.39 is 13.0 Å². The van der Waals surface area contributed by atoms with Gasteiger partial charge in [-0.25, -0.2) is 0 Å². The molecule has 1 aliphatic carbocycles. The smallest absolute Gasteiger partial charge is 0.376 e. The van der Waals surface area contributed by atoms with Crippen molar-refractivity contribution in [3.05, 3.63) is 35.1 Å². The zero-order valence-corrected chi connectivity index (χ0v) is 27.1. The van der Waals surface area contributed by atoms with Crippen LogP contribution >= 0.6 is 22.6 Å². The van der Waals surface area contributed by atoms with Gasteiger partial charge >= 0.3 is 6.36 Å². The number of amides is 1. The molecule has 3 aliphatic heterocycles. The molecule has 0 bridgehead atoms. The molecule has 42 heavy (non-hydrogen) atoms. The van der Waals surface area contributed by atoms with Crippen LogP contribution in [0.1, 0.15) is 65.2 Å². The first-order chi connectivity index (χ1) is 20.1. The molecule has 0 radical (unpaired) electrons. The molecule has 2 saturated heterocycles. The number of nitrogens with one attached hydrogen (secondary N) is 2. The molecule has 0 aromatic carbocycles. The second-order valence-corrected chi connectivity index (χ2v) is 13.3. The Morgan fingerprint density at radius 2 is 1.93 bits per heavy atom. The van der Waals surface area contributed by atoms with E-state index in [1.807, 2.05) is 19.1 Å². The average molecular weight is 703 g/mol. The lowest BCUT2D eigenvalue weighted by Crippen LogP contribution is -2.49. The molecule has 3 atom stereocenters. The minimum atomic E-state index is -4.69. The van der Waals surface area contributed by atoms with E-state index in [0.717, 1.165) is 66.8 Å². The fraction of sp³-hybridized carbons (Fsp3) is 0.719. The van der Waals surface area contributed by atoms with Crippen LogP contribution in [0.3, 0.4) is 0 Å². The number of carbonyl (C=O) groups excluding carboxylic acids is 1. The van der Waals surface area contributed by atoms with E-state index in [4.69, 9.17) is 0 Å². The molecule has 0 spiro atoms. The maximum absolute atomic E-state index is 13.2. The Balaban J connectivity index is 1.20. The van der Waals surface area contributed by atoms with Crippen molar-refractivity contribution >= 4 is 28.5 Å². The van der Waals surface area contributed by atoms with Crippen molar-refractivity contribution in [2.75, 3.05) is 43.8 Å². The van der Waals surface area contributed by atoms with Crippen LogP contribution < -0.4 is 10.6 Å². The summed E-state index contributed by atoms with van der Waals surface area (Å²) in [7, 11) is 0. The lowest BCUT2D eigenvalue weighted by Gasteiger charge is -2.39. The molecule has 3 heterocycles. The van der Waals surface area contributed by atoms with Crippen LogP contribution in [0.4, 0.5) is 13.2 Å². The van der Waals surface area contributed by atoms with Crippen LogP contribution in [-0.2, 0) is 9.53 Å². The number of ether oxygens (including phenoxy) is 1. The number of allylic oxidation sites excluding steroid dienone is 3. The predicted molar refractivity (Wildman–Crippen MR) is 169 cm³/mol. The second kappa shape index (κ2) is 16.0. The van der Waals surface area contributed by atoms with Gasteiger partial charge in [-0.15, -0.1) is 13.2 Å². The van der Waals surface area contributed by atoms with Gasteiger partial charge in [0.25, 0.3) is 0 Å². The molecule has 0 aromatic rings. The first kappa shape index (κ1) is 33.3.